The summed E-state index contributed by atoms with van der Waals surface area (Å²) in [5.41, 5.74) is 2.64. The molecule has 2 aromatic carbocycles. The van der Waals surface area contributed by atoms with Gasteiger partial charge in [0.25, 0.3) is 0 Å². The molecule has 1 aliphatic rings. The number of anilines is 1. The highest BCUT2D eigenvalue weighted by Crippen LogP contribution is 2.32. The Labute approximate surface area is 153 Å². The second-order valence-corrected chi connectivity index (χ2v) is 7.65. The summed E-state index contributed by atoms with van der Waals surface area (Å²) in [6.07, 6.45) is 2.29. The van der Waals surface area contributed by atoms with Crippen LogP contribution in [-0.4, -0.2) is 30.4 Å². The predicted octanol–water partition coefficient (Wildman–Crippen LogP) is 3.97. The van der Waals surface area contributed by atoms with Crippen LogP contribution in [0.4, 0.5) is 5.69 Å². The number of aromatic nitrogens is 1. The molecule has 2 heterocycles. The lowest BCUT2D eigenvalue weighted by Crippen LogP contribution is -2.17. The first-order chi connectivity index (χ1) is 12.2. The molecule has 0 saturated heterocycles. The van der Waals surface area contributed by atoms with E-state index >= 15 is 0 Å². The standard InChI is InChI=1S/C18H16N2O3S2/c1-24-18-20-13-4-3-12(10-16(13)25-18)19-17(21)9-11-2-5-14-15(8-11)23-7-6-22-14/h2-5,8,10H,6-7,9H2,1H3,(H,19,21). The SMILES string of the molecule is CSc1nc2ccc(NC(=O)Cc3ccc4c(c3)OCCO4)cc2s1. The monoisotopic (exact) mass is 372 g/mol. The molecule has 25 heavy (non-hydrogen) atoms. The lowest BCUT2D eigenvalue weighted by molar-refractivity contribution is -0.115. The number of nitrogens with zero attached hydrogens (tertiary/aromatic N) is 1. The molecule has 0 bridgehead atoms. The van der Waals surface area contributed by atoms with Crippen molar-refractivity contribution < 1.29 is 14.3 Å². The Kier molecular flexibility index (Phi) is 4.50. The van der Waals surface area contributed by atoms with Gasteiger partial charge in [-0.25, -0.2) is 4.98 Å². The van der Waals surface area contributed by atoms with E-state index in [1.54, 1.807) is 23.1 Å². The normalized spacial score (nSPS) is 13.0. The number of hydrogen-bond donors (Lipinski definition) is 1. The number of ether oxygens (including phenoxy) is 2. The van der Waals surface area contributed by atoms with Crippen LogP contribution in [0.2, 0.25) is 0 Å². The molecule has 0 fully saturated rings. The van der Waals surface area contributed by atoms with Crippen molar-refractivity contribution in [3.63, 3.8) is 0 Å². The van der Waals surface area contributed by atoms with E-state index < -0.39 is 0 Å². The fraction of sp³-hybridized carbons (Fsp3) is 0.222. The van der Waals surface area contributed by atoms with Crippen LogP contribution in [0, 0.1) is 0 Å². The highest BCUT2D eigenvalue weighted by molar-refractivity contribution is 8.00. The molecule has 1 N–H and O–H groups in total. The Bertz CT molecular complexity index is 939. The van der Waals surface area contributed by atoms with Gasteiger partial charge < -0.3 is 14.8 Å². The Morgan fingerprint density at radius 3 is 2.88 bits per heavy atom. The van der Waals surface area contributed by atoms with Crippen molar-refractivity contribution in [1.82, 2.24) is 4.98 Å². The molecule has 7 heteroatoms. The highest BCUT2D eigenvalue weighted by atomic mass is 32.2. The molecule has 0 atom stereocenters. The average Bonchev–Trinajstić information content (AvgIpc) is 3.04. The smallest absolute Gasteiger partial charge is 0.228 e. The summed E-state index contributed by atoms with van der Waals surface area (Å²) < 4.78 is 13.2. The molecule has 0 radical (unpaired) electrons. The van der Waals surface area contributed by atoms with Gasteiger partial charge in [-0.1, -0.05) is 17.8 Å². The van der Waals surface area contributed by atoms with Gasteiger partial charge in [-0.2, -0.15) is 0 Å². The topological polar surface area (TPSA) is 60.5 Å². The van der Waals surface area contributed by atoms with Gasteiger partial charge in [0.2, 0.25) is 5.91 Å². The number of amides is 1. The summed E-state index contributed by atoms with van der Waals surface area (Å²) in [6.45, 7) is 1.10. The maximum atomic E-state index is 12.3. The lowest BCUT2D eigenvalue weighted by Gasteiger charge is -2.18. The fourth-order valence-electron chi connectivity index (χ4n) is 2.66. The fourth-order valence-corrected chi connectivity index (χ4v) is 4.19. The van der Waals surface area contributed by atoms with E-state index in [1.165, 1.54) is 0 Å². The zero-order chi connectivity index (χ0) is 17.2. The molecule has 3 aromatic rings. The number of nitrogens with one attached hydrogen (secondary N) is 1. The van der Waals surface area contributed by atoms with Crippen molar-refractivity contribution in [3.05, 3.63) is 42.0 Å². The van der Waals surface area contributed by atoms with Crippen molar-refractivity contribution in [2.24, 2.45) is 0 Å². The van der Waals surface area contributed by atoms with E-state index in [-0.39, 0.29) is 12.3 Å². The molecule has 0 saturated carbocycles. The maximum Gasteiger partial charge on any atom is 0.228 e. The molecule has 1 aromatic heterocycles. The van der Waals surface area contributed by atoms with Crippen LogP contribution >= 0.6 is 23.1 Å². The van der Waals surface area contributed by atoms with Crippen molar-refractivity contribution in [2.45, 2.75) is 10.8 Å². The maximum absolute atomic E-state index is 12.3. The molecule has 0 aliphatic carbocycles. The molecular weight excluding hydrogens is 356 g/mol. The number of benzene rings is 2. The third-order valence-corrected chi connectivity index (χ3v) is 5.80. The van der Waals surface area contributed by atoms with Crippen LogP contribution in [0.1, 0.15) is 5.56 Å². The molecule has 128 valence electrons. The van der Waals surface area contributed by atoms with Gasteiger partial charge >= 0.3 is 0 Å². The van der Waals surface area contributed by atoms with E-state index in [4.69, 9.17) is 9.47 Å². The Morgan fingerprint density at radius 2 is 2.04 bits per heavy atom. The van der Waals surface area contributed by atoms with Gasteiger partial charge in [-0.05, 0) is 42.2 Å². The molecule has 1 aliphatic heterocycles. The number of carbonyl (C=O) groups excluding carboxylic acids is 1. The molecule has 0 spiro atoms. The number of carbonyl (C=O) groups is 1. The summed E-state index contributed by atoms with van der Waals surface area (Å²) in [4.78, 5) is 16.9. The van der Waals surface area contributed by atoms with Gasteiger partial charge in [-0.3, -0.25) is 4.79 Å². The van der Waals surface area contributed by atoms with Gasteiger partial charge in [-0.15, -0.1) is 11.3 Å². The average molecular weight is 372 g/mol. The highest BCUT2D eigenvalue weighted by Gasteiger charge is 2.13. The number of rotatable bonds is 4. The minimum atomic E-state index is -0.0642. The first kappa shape index (κ1) is 16.2. The second kappa shape index (κ2) is 6.93. The molecule has 4 rings (SSSR count). The minimum absolute atomic E-state index is 0.0642. The predicted molar refractivity (Wildman–Crippen MR) is 101 cm³/mol. The number of fused-ring (bicyclic) bond motifs is 2. The van der Waals surface area contributed by atoms with Crippen LogP contribution in [0.5, 0.6) is 11.5 Å². The van der Waals surface area contributed by atoms with E-state index in [0.717, 1.165) is 31.6 Å². The van der Waals surface area contributed by atoms with Crippen molar-refractivity contribution >= 4 is 44.9 Å². The van der Waals surface area contributed by atoms with Crippen molar-refractivity contribution in [2.75, 3.05) is 24.8 Å². The number of thiazole rings is 1. The van der Waals surface area contributed by atoms with Crippen LogP contribution < -0.4 is 14.8 Å². The Hall–Kier alpha value is -2.25. The van der Waals surface area contributed by atoms with Crippen molar-refractivity contribution in [1.29, 1.82) is 0 Å². The Balaban J connectivity index is 1.46. The van der Waals surface area contributed by atoms with Gasteiger partial charge in [0.1, 0.15) is 13.2 Å². The van der Waals surface area contributed by atoms with E-state index in [2.05, 4.69) is 10.3 Å². The quantitative estimate of drug-likeness (QED) is 0.702. The lowest BCUT2D eigenvalue weighted by atomic mass is 10.1. The first-order valence-electron chi connectivity index (χ1n) is 7.84. The van der Waals surface area contributed by atoms with Gasteiger partial charge in [0, 0.05) is 5.69 Å². The van der Waals surface area contributed by atoms with E-state index in [0.29, 0.717) is 19.0 Å². The molecule has 0 unspecified atom stereocenters. The third kappa shape index (κ3) is 3.57. The Morgan fingerprint density at radius 1 is 1.20 bits per heavy atom. The summed E-state index contributed by atoms with van der Waals surface area (Å²) in [5.74, 6) is 1.37. The van der Waals surface area contributed by atoms with Crippen LogP contribution in [-0.2, 0) is 11.2 Å². The van der Waals surface area contributed by atoms with E-state index in [1.807, 2.05) is 42.7 Å². The molecular formula is C18H16N2O3S2. The molecule has 5 nitrogen and oxygen atoms in total. The van der Waals surface area contributed by atoms with Gasteiger partial charge in [0.15, 0.2) is 15.8 Å². The van der Waals surface area contributed by atoms with Gasteiger partial charge in [0.05, 0.1) is 16.6 Å². The number of thioether (sulfide) groups is 1. The minimum Gasteiger partial charge on any atom is -0.486 e. The zero-order valence-electron chi connectivity index (χ0n) is 13.6. The van der Waals surface area contributed by atoms with Crippen LogP contribution in [0.25, 0.3) is 10.2 Å². The third-order valence-electron chi connectivity index (χ3n) is 3.80. The largest absolute Gasteiger partial charge is 0.486 e. The first-order valence-corrected chi connectivity index (χ1v) is 9.88. The number of hydrogen-bond acceptors (Lipinski definition) is 6. The molecule has 1 amide bonds. The summed E-state index contributed by atoms with van der Waals surface area (Å²) in [6, 6.07) is 11.4. The van der Waals surface area contributed by atoms with E-state index in [9.17, 15) is 4.79 Å². The van der Waals surface area contributed by atoms with Crippen LogP contribution in [0.15, 0.2) is 40.7 Å². The summed E-state index contributed by atoms with van der Waals surface area (Å²) in [5, 5.41) is 2.95. The second-order valence-electron chi connectivity index (χ2n) is 5.57. The van der Waals surface area contributed by atoms with Crippen molar-refractivity contribution in [3.8, 4) is 11.5 Å². The summed E-state index contributed by atoms with van der Waals surface area (Å²) >= 11 is 3.25. The van der Waals surface area contributed by atoms with Crippen LogP contribution in [0.3, 0.4) is 0 Å². The zero-order valence-corrected chi connectivity index (χ0v) is 15.2. The summed E-state index contributed by atoms with van der Waals surface area (Å²) in [7, 11) is 0.